The summed E-state index contributed by atoms with van der Waals surface area (Å²) in [6.45, 7) is 0. The van der Waals surface area contributed by atoms with Crippen LogP contribution in [-0.2, 0) is 10.3 Å². The zero-order valence-corrected chi connectivity index (χ0v) is 7.16. The van der Waals surface area contributed by atoms with Crippen molar-refractivity contribution in [2.75, 3.05) is 0 Å². The molecule has 5 nitrogen and oxygen atoms in total. The maximum atomic E-state index is 11.1. The van der Waals surface area contributed by atoms with Gasteiger partial charge in [0.25, 0.3) is 0 Å². The van der Waals surface area contributed by atoms with Gasteiger partial charge >= 0.3 is 5.97 Å². The minimum atomic E-state index is -1.43. The van der Waals surface area contributed by atoms with E-state index in [1.54, 1.807) is 18.2 Å². The van der Waals surface area contributed by atoms with Crippen molar-refractivity contribution in [2.45, 2.75) is 5.54 Å². The van der Waals surface area contributed by atoms with Gasteiger partial charge in [0.05, 0.1) is 5.69 Å². The summed E-state index contributed by atoms with van der Waals surface area (Å²) in [6.07, 6.45) is 4.31. The van der Waals surface area contributed by atoms with Crippen LogP contribution in [0.2, 0.25) is 0 Å². The highest BCUT2D eigenvalue weighted by molar-refractivity contribution is 5.83. The van der Waals surface area contributed by atoms with Crippen LogP contribution >= 0.6 is 0 Å². The number of carboxylic acids is 1. The lowest BCUT2D eigenvalue weighted by Crippen LogP contribution is -2.30. The minimum Gasteiger partial charge on any atom is -0.479 e. The molecule has 70 valence electrons. The predicted octanol–water partition coefficient (Wildman–Crippen LogP) is 1.34. The van der Waals surface area contributed by atoms with Crippen LogP contribution < -0.4 is 0 Å². The van der Waals surface area contributed by atoms with E-state index in [0.29, 0.717) is 5.69 Å². The molecule has 0 radical (unpaired) electrons. The van der Waals surface area contributed by atoms with Crippen molar-refractivity contribution >= 4 is 5.97 Å². The van der Waals surface area contributed by atoms with Gasteiger partial charge in [-0.15, -0.1) is 0 Å². The van der Waals surface area contributed by atoms with Crippen LogP contribution in [0.1, 0.15) is 5.69 Å². The van der Waals surface area contributed by atoms with E-state index in [9.17, 15) is 4.79 Å². The van der Waals surface area contributed by atoms with Gasteiger partial charge in [0.2, 0.25) is 5.54 Å². The van der Waals surface area contributed by atoms with Gasteiger partial charge in [0.15, 0.2) is 0 Å². The van der Waals surface area contributed by atoms with Gasteiger partial charge in [-0.25, -0.2) is 4.79 Å². The molecule has 0 saturated heterocycles. The first-order valence-electron chi connectivity index (χ1n) is 4.00. The number of azo groups is 1. The number of aromatic nitrogens is 1. The van der Waals surface area contributed by atoms with E-state index in [2.05, 4.69) is 15.2 Å². The van der Waals surface area contributed by atoms with Gasteiger partial charge in [-0.2, -0.15) is 10.2 Å². The second-order valence-electron chi connectivity index (χ2n) is 2.82. The Morgan fingerprint density at radius 3 is 2.79 bits per heavy atom. The van der Waals surface area contributed by atoms with Crippen LogP contribution in [0.25, 0.3) is 0 Å². The van der Waals surface area contributed by atoms with Gasteiger partial charge in [-0.1, -0.05) is 6.07 Å². The van der Waals surface area contributed by atoms with Gasteiger partial charge in [0, 0.05) is 12.4 Å². The molecule has 14 heavy (non-hydrogen) atoms. The van der Waals surface area contributed by atoms with Crippen molar-refractivity contribution in [3.8, 4) is 0 Å². The standard InChI is InChI=1S/C9H7N3O2/c13-8(14)9(4-6-11-12-9)7-3-1-2-5-10-7/h1-6H,(H,13,14). The highest BCUT2D eigenvalue weighted by atomic mass is 16.4. The Morgan fingerprint density at radius 2 is 2.29 bits per heavy atom. The summed E-state index contributed by atoms with van der Waals surface area (Å²) in [5.41, 5.74) is -1.06. The summed E-state index contributed by atoms with van der Waals surface area (Å²) < 4.78 is 0. The van der Waals surface area contributed by atoms with Crippen molar-refractivity contribution in [2.24, 2.45) is 10.2 Å². The van der Waals surface area contributed by atoms with Crippen LogP contribution in [-0.4, -0.2) is 16.1 Å². The molecular weight excluding hydrogens is 182 g/mol. The topological polar surface area (TPSA) is 74.9 Å². The Kier molecular flexibility index (Phi) is 1.85. The molecule has 0 fully saturated rings. The molecule has 1 N–H and O–H groups in total. The van der Waals surface area contributed by atoms with Crippen molar-refractivity contribution in [3.63, 3.8) is 0 Å². The molecule has 0 spiro atoms. The number of carbonyl (C=O) groups is 1. The van der Waals surface area contributed by atoms with E-state index < -0.39 is 11.5 Å². The van der Waals surface area contributed by atoms with Crippen LogP contribution in [0, 0.1) is 0 Å². The maximum Gasteiger partial charge on any atom is 0.344 e. The first-order valence-corrected chi connectivity index (χ1v) is 4.00. The lowest BCUT2D eigenvalue weighted by molar-refractivity contribution is -0.141. The van der Waals surface area contributed by atoms with Crippen LogP contribution in [0.3, 0.4) is 0 Å². The Morgan fingerprint density at radius 1 is 1.43 bits per heavy atom. The Bertz CT molecular complexity index is 399. The SMILES string of the molecule is O=C(O)C1(c2ccccn2)C=CN=N1. The summed E-state index contributed by atoms with van der Waals surface area (Å²) in [4.78, 5) is 15.0. The molecule has 0 amide bonds. The molecule has 1 aliphatic rings. The van der Waals surface area contributed by atoms with Gasteiger partial charge in [-0.05, 0) is 18.2 Å². The molecule has 0 saturated carbocycles. The summed E-state index contributed by atoms with van der Waals surface area (Å²) in [7, 11) is 0. The number of hydrogen-bond acceptors (Lipinski definition) is 4. The lowest BCUT2D eigenvalue weighted by atomic mass is 9.96. The van der Waals surface area contributed by atoms with E-state index in [-0.39, 0.29) is 0 Å². The van der Waals surface area contributed by atoms with E-state index in [1.807, 2.05) is 0 Å². The molecule has 1 aromatic rings. The fraction of sp³-hybridized carbons (Fsp3) is 0.111. The summed E-state index contributed by atoms with van der Waals surface area (Å²) >= 11 is 0. The molecule has 0 aromatic carbocycles. The molecule has 1 aliphatic heterocycles. The first kappa shape index (κ1) is 8.55. The van der Waals surface area contributed by atoms with Crippen molar-refractivity contribution in [1.82, 2.24) is 4.98 Å². The summed E-state index contributed by atoms with van der Waals surface area (Å²) in [5.74, 6) is -1.08. The van der Waals surface area contributed by atoms with E-state index in [4.69, 9.17) is 5.11 Å². The van der Waals surface area contributed by atoms with Gasteiger partial charge < -0.3 is 5.11 Å². The molecule has 2 rings (SSSR count). The average Bonchev–Trinajstić information content (AvgIpc) is 2.69. The Labute approximate surface area is 79.8 Å². The fourth-order valence-electron chi connectivity index (χ4n) is 1.25. The normalized spacial score (nSPS) is 24.0. The number of aliphatic carboxylic acids is 1. The summed E-state index contributed by atoms with van der Waals surface area (Å²) in [6, 6.07) is 5.05. The molecule has 2 heterocycles. The lowest BCUT2D eigenvalue weighted by Gasteiger charge is -2.15. The number of pyridine rings is 1. The molecule has 0 bridgehead atoms. The van der Waals surface area contributed by atoms with Crippen LogP contribution in [0.15, 0.2) is 46.9 Å². The highest BCUT2D eigenvalue weighted by Crippen LogP contribution is 2.30. The van der Waals surface area contributed by atoms with Crippen molar-refractivity contribution < 1.29 is 9.90 Å². The minimum absolute atomic E-state index is 0.366. The number of nitrogens with zero attached hydrogens (tertiary/aromatic N) is 3. The van der Waals surface area contributed by atoms with Crippen LogP contribution in [0.5, 0.6) is 0 Å². The maximum absolute atomic E-state index is 11.1. The fourth-order valence-corrected chi connectivity index (χ4v) is 1.25. The molecule has 5 heteroatoms. The van der Waals surface area contributed by atoms with E-state index >= 15 is 0 Å². The number of carboxylic acid groups (broad SMARTS) is 1. The third-order valence-electron chi connectivity index (χ3n) is 1.98. The predicted molar refractivity (Wildman–Crippen MR) is 47.5 cm³/mol. The molecule has 0 aliphatic carbocycles. The molecule has 1 aromatic heterocycles. The molecular formula is C9H7N3O2. The molecule has 1 atom stereocenters. The monoisotopic (exact) mass is 189 g/mol. The summed E-state index contributed by atoms with van der Waals surface area (Å²) in [5, 5.41) is 16.3. The smallest absolute Gasteiger partial charge is 0.344 e. The van der Waals surface area contributed by atoms with Gasteiger partial charge in [0.1, 0.15) is 0 Å². The number of hydrogen-bond donors (Lipinski definition) is 1. The highest BCUT2D eigenvalue weighted by Gasteiger charge is 2.41. The zero-order chi connectivity index (χ0) is 10.0. The van der Waals surface area contributed by atoms with Crippen molar-refractivity contribution in [1.29, 1.82) is 0 Å². The Balaban J connectivity index is 2.54. The third kappa shape index (κ3) is 1.10. The van der Waals surface area contributed by atoms with Crippen molar-refractivity contribution in [3.05, 3.63) is 42.4 Å². The first-order chi connectivity index (χ1) is 6.76. The Hall–Kier alpha value is -2.04. The third-order valence-corrected chi connectivity index (χ3v) is 1.98. The average molecular weight is 189 g/mol. The van der Waals surface area contributed by atoms with E-state index in [0.717, 1.165) is 0 Å². The van der Waals surface area contributed by atoms with E-state index in [1.165, 1.54) is 18.5 Å². The molecule has 1 unspecified atom stereocenters. The van der Waals surface area contributed by atoms with Gasteiger partial charge in [-0.3, -0.25) is 4.98 Å². The largest absolute Gasteiger partial charge is 0.479 e. The number of rotatable bonds is 2. The van der Waals surface area contributed by atoms with Crippen LogP contribution in [0.4, 0.5) is 0 Å². The zero-order valence-electron chi connectivity index (χ0n) is 7.16. The second kappa shape index (κ2) is 3.02. The second-order valence-corrected chi connectivity index (χ2v) is 2.82. The quantitative estimate of drug-likeness (QED) is 0.762.